The number of hydrogen-bond acceptors (Lipinski definition) is 3. The molecule has 0 radical (unpaired) electrons. The molecule has 1 aromatic carbocycles. The number of nitrogens with zero attached hydrogens (tertiary/aromatic N) is 1. The van der Waals surface area contributed by atoms with Crippen molar-refractivity contribution in [2.75, 3.05) is 19.7 Å². The van der Waals surface area contributed by atoms with E-state index >= 15 is 0 Å². The molecule has 110 valence electrons. The van der Waals surface area contributed by atoms with E-state index in [-0.39, 0.29) is 12.2 Å². The van der Waals surface area contributed by atoms with Gasteiger partial charge in [-0.15, -0.1) is 0 Å². The summed E-state index contributed by atoms with van der Waals surface area (Å²) in [5.74, 6) is 0. The molecule has 1 saturated heterocycles. The van der Waals surface area contributed by atoms with Gasteiger partial charge in [-0.2, -0.15) is 0 Å². The first kappa shape index (κ1) is 14.9. The molecular formula is C16H23NO3. The molecule has 1 aliphatic rings. The Kier molecular flexibility index (Phi) is 5.87. The molecule has 0 spiro atoms. The zero-order chi connectivity index (χ0) is 14.2. The van der Waals surface area contributed by atoms with Crippen molar-refractivity contribution in [1.29, 1.82) is 0 Å². The predicted octanol–water partition coefficient (Wildman–Crippen LogP) is 3.21. The van der Waals surface area contributed by atoms with Crippen LogP contribution in [0.1, 0.15) is 31.7 Å². The molecule has 1 amide bonds. The molecule has 1 fully saturated rings. The fourth-order valence-corrected chi connectivity index (χ4v) is 2.27. The summed E-state index contributed by atoms with van der Waals surface area (Å²) in [7, 11) is 0. The third-order valence-corrected chi connectivity index (χ3v) is 3.38. The second-order valence-electron chi connectivity index (χ2n) is 5.24. The summed E-state index contributed by atoms with van der Waals surface area (Å²) in [6.07, 6.45) is 2.94. The monoisotopic (exact) mass is 277 g/mol. The highest BCUT2D eigenvalue weighted by Crippen LogP contribution is 2.11. The first-order chi connectivity index (χ1) is 9.75. The fraction of sp³-hybridized carbons (Fsp3) is 0.562. The van der Waals surface area contributed by atoms with E-state index in [0.717, 1.165) is 31.5 Å². The van der Waals surface area contributed by atoms with Crippen molar-refractivity contribution in [3.8, 4) is 0 Å². The number of benzene rings is 1. The average Bonchev–Trinajstić information content (AvgIpc) is 2.49. The van der Waals surface area contributed by atoms with Gasteiger partial charge in [0.25, 0.3) is 0 Å². The molecule has 0 bridgehead atoms. The topological polar surface area (TPSA) is 38.8 Å². The smallest absolute Gasteiger partial charge is 0.410 e. The molecule has 1 atom stereocenters. The van der Waals surface area contributed by atoms with E-state index in [4.69, 9.17) is 9.47 Å². The molecule has 0 aliphatic carbocycles. The van der Waals surface area contributed by atoms with Gasteiger partial charge in [0.15, 0.2) is 0 Å². The fourth-order valence-electron chi connectivity index (χ4n) is 2.27. The summed E-state index contributed by atoms with van der Waals surface area (Å²) in [6.45, 7) is 4.47. The van der Waals surface area contributed by atoms with E-state index in [2.05, 4.69) is 0 Å². The Morgan fingerprint density at radius 1 is 1.20 bits per heavy atom. The molecule has 2 rings (SSSR count). The van der Waals surface area contributed by atoms with Gasteiger partial charge in [-0.1, -0.05) is 30.3 Å². The Labute approximate surface area is 120 Å². The number of likely N-dealkylation sites (tertiary alicyclic amines) is 1. The lowest BCUT2D eigenvalue weighted by atomic mass is 10.1. The third-order valence-electron chi connectivity index (χ3n) is 3.38. The van der Waals surface area contributed by atoms with Gasteiger partial charge in [0, 0.05) is 13.1 Å². The first-order valence-electron chi connectivity index (χ1n) is 7.33. The number of amides is 1. The van der Waals surface area contributed by atoms with Crippen LogP contribution in [0.4, 0.5) is 4.79 Å². The van der Waals surface area contributed by atoms with Crippen LogP contribution < -0.4 is 0 Å². The van der Waals surface area contributed by atoms with Gasteiger partial charge in [0.1, 0.15) is 6.10 Å². The van der Waals surface area contributed by atoms with Crippen LogP contribution in [0.2, 0.25) is 0 Å². The number of carbonyl (C=O) groups excluding carboxylic acids is 1. The standard InChI is InChI=1S/C16H23NO3/c1-14(12-19-13-15-8-4-2-5-9-15)20-16(18)17-10-6-3-7-11-17/h2,4-5,8-9,14H,3,6-7,10-13H2,1H3. The lowest BCUT2D eigenvalue weighted by molar-refractivity contribution is 0.00588. The number of carbonyl (C=O) groups is 1. The molecule has 0 N–H and O–H groups in total. The van der Waals surface area contributed by atoms with E-state index in [1.807, 2.05) is 37.3 Å². The molecule has 4 nitrogen and oxygen atoms in total. The minimum absolute atomic E-state index is 0.208. The Hall–Kier alpha value is -1.55. The number of rotatable bonds is 5. The van der Waals surface area contributed by atoms with Gasteiger partial charge >= 0.3 is 6.09 Å². The maximum absolute atomic E-state index is 11.9. The van der Waals surface area contributed by atoms with Crippen LogP contribution >= 0.6 is 0 Å². The van der Waals surface area contributed by atoms with Gasteiger partial charge in [-0.05, 0) is 31.7 Å². The van der Waals surface area contributed by atoms with Crippen LogP contribution in [0.5, 0.6) is 0 Å². The van der Waals surface area contributed by atoms with Crippen LogP contribution in [-0.4, -0.2) is 36.8 Å². The lowest BCUT2D eigenvalue weighted by Crippen LogP contribution is -2.38. The Morgan fingerprint density at radius 3 is 2.60 bits per heavy atom. The van der Waals surface area contributed by atoms with Crippen LogP contribution in [0.15, 0.2) is 30.3 Å². The van der Waals surface area contributed by atoms with Gasteiger partial charge in [0.05, 0.1) is 13.2 Å². The maximum Gasteiger partial charge on any atom is 0.410 e. The van der Waals surface area contributed by atoms with E-state index < -0.39 is 0 Å². The summed E-state index contributed by atoms with van der Waals surface area (Å²) in [4.78, 5) is 13.7. The second-order valence-corrected chi connectivity index (χ2v) is 5.24. The Balaban J connectivity index is 1.64. The number of hydrogen-bond donors (Lipinski definition) is 0. The molecular weight excluding hydrogens is 254 g/mol. The van der Waals surface area contributed by atoms with Crippen molar-refractivity contribution in [1.82, 2.24) is 4.90 Å². The lowest BCUT2D eigenvalue weighted by Gasteiger charge is -2.27. The maximum atomic E-state index is 11.9. The predicted molar refractivity (Wildman–Crippen MR) is 77.5 cm³/mol. The van der Waals surface area contributed by atoms with Crippen LogP contribution in [0.25, 0.3) is 0 Å². The van der Waals surface area contributed by atoms with Crippen LogP contribution in [-0.2, 0) is 16.1 Å². The van der Waals surface area contributed by atoms with E-state index in [1.165, 1.54) is 6.42 Å². The molecule has 20 heavy (non-hydrogen) atoms. The van der Waals surface area contributed by atoms with Crippen molar-refractivity contribution < 1.29 is 14.3 Å². The Bertz CT molecular complexity index is 401. The van der Waals surface area contributed by atoms with Crippen molar-refractivity contribution in [3.63, 3.8) is 0 Å². The average molecular weight is 277 g/mol. The molecule has 1 aromatic rings. The van der Waals surface area contributed by atoms with Crippen LogP contribution in [0.3, 0.4) is 0 Å². The largest absolute Gasteiger partial charge is 0.444 e. The van der Waals surface area contributed by atoms with E-state index in [9.17, 15) is 4.79 Å². The zero-order valence-corrected chi connectivity index (χ0v) is 12.1. The Morgan fingerprint density at radius 2 is 1.90 bits per heavy atom. The zero-order valence-electron chi connectivity index (χ0n) is 12.1. The summed E-state index contributed by atoms with van der Waals surface area (Å²) < 4.78 is 11.0. The van der Waals surface area contributed by atoms with Crippen molar-refractivity contribution in [3.05, 3.63) is 35.9 Å². The highest BCUT2D eigenvalue weighted by molar-refractivity contribution is 5.67. The normalized spacial score (nSPS) is 16.8. The summed E-state index contributed by atoms with van der Waals surface area (Å²) >= 11 is 0. The summed E-state index contributed by atoms with van der Waals surface area (Å²) in [6, 6.07) is 9.98. The highest BCUT2D eigenvalue weighted by Gasteiger charge is 2.19. The van der Waals surface area contributed by atoms with Gasteiger partial charge < -0.3 is 14.4 Å². The van der Waals surface area contributed by atoms with E-state index in [0.29, 0.717) is 13.2 Å². The van der Waals surface area contributed by atoms with Gasteiger partial charge in [-0.3, -0.25) is 0 Å². The first-order valence-corrected chi connectivity index (χ1v) is 7.33. The van der Waals surface area contributed by atoms with Crippen LogP contribution in [0, 0.1) is 0 Å². The molecule has 0 aromatic heterocycles. The minimum Gasteiger partial charge on any atom is -0.444 e. The SMILES string of the molecule is CC(COCc1ccccc1)OC(=O)N1CCCCC1. The minimum atomic E-state index is -0.215. The molecule has 1 unspecified atom stereocenters. The molecule has 1 aliphatic heterocycles. The van der Waals surface area contributed by atoms with Crippen molar-refractivity contribution >= 4 is 6.09 Å². The molecule has 1 heterocycles. The van der Waals surface area contributed by atoms with E-state index in [1.54, 1.807) is 4.90 Å². The third kappa shape index (κ3) is 4.85. The number of ether oxygens (including phenoxy) is 2. The van der Waals surface area contributed by atoms with Crippen molar-refractivity contribution in [2.45, 2.75) is 38.9 Å². The summed E-state index contributed by atoms with van der Waals surface area (Å²) in [5.41, 5.74) is 1.13. The molecule has 4 heteroatoms. The second kappa shape index (κ2) is 7.90. The van der Waals surface area contributed by atoms with Crippen molar-refractivity contribution in [2.24, 2.45) is 0 Å². The van der Waals surface area contributed by atoms with Gasteiger partial charge in [0.2, 0.25) is 0 Å². The molecule has 0 saturated carbocycles. The highest BCUT2D eigenvalue weighted by atomic mass is 16.6. The number of piperidine rings is 1. The quantitative estimate of drug-likeness (QED) is 0.829. The van der Waals surface area contributed by atoms with Gasteiger partial charge in [-0.25, -0.2) is 4.79 Å². The summed E-state index contributed by atoms with van der Waals surface area (Å²) in [5, 5.41) is 0.